The number of sulfonamides is 1. The first-order valence-corrected chi connectivity index (χ1v) is 8.13. The lowest BCUT2D eigenvalue weighted by molar-refractivity contribution is 0.0377. The van der Waals surface area contributed by atoms with Crippen LogP contribution in [0.3, 0.4) is 0 Å². The second kappa shape index (κ2) is 6.65. The van der Waals surface area contributed by atoms with E-state index in [4.69, 9.17) is 11.6 Å². The van der Waals surface area contributed by atoms with Gasteiger partial charge in [-0.05, 0) is 24.5 Å². The van der Waals surface area contributed by atoms with Gasteiger partial charge in [0.1, 0.15) is 5.15 Å². The molecule has 0 fully saturated rings. The van der Waals surface area contributed by atoms with E-state index >= 15 is 0 Å². The van der Waals surface area contributed by atoms with E-state index in [9.17, 15) is 13.5 Å². The van der Waals surface area contributed by atoms with Crippen molar-refractivity contribution in [3.05, 3.63) is 29.0 Å². The maximum absolute atomic E-state index is 11.9. The minimum absolute atomic E-state index is 0.0172. The second-order valence-electron chi connectivity index (χ2n) is 4.50. The van der Waals surface area contributed by atoms with Gasteiger partial charge >= 0.3 is 0 Å². The van der Waals surface area contributed by atoms with Gasteiger partial charge in [0.05, 0.1) is 11.4 Å². The number of aliphatic hydroxyl groups is 1. The lowest BCUT2D eigenvalue weighted by atomic mass is 9.98. The first-order chi connectivity index (χ1) is 8.80. The van der Waals surface area contributed by atoms with Crippen LogP contribution >= 0.6 is 11.6 Å². The van der Waals surface area contributed by atoms with Crippen molar-refractivity contribution >= 4 is 21.6 Å². The van der Waals surface area contributed by atoms with Crippen molar-refractivity contribution in [3.63, 3.8) is 0 Å². The Hall–Kier alpha value is -0.690. The molecule has 0 aliphatic heterocycles. The van der Waals surface area contributed by atoms with E-state index in [0.717, 1.165) is 0 Å². The Balaban J connectivity index is 2.64. The summed E-state index contributed by atoms with van der Waals surface area (Å²) < 4.78 is 26.2. The van der Waals surface area contributed by atoms with E-state index < -0.39 is 15.6 Å². The third-order valence-corrected chi connectivity index (χ3v) is 4.60. The highest BCUT2D eigenvalue weighted by atomic mass is 35.5. The molecule has 5 nitrogen and oxygen atoms in total. The van der Waals surface area contributed by atoms with Gasteiger partial charge in [0.2, 0.25) is 10.0 Å². The summed E-state index contributed by atoms with van der Waals surface area (Å²) >= 11 is 5.63. The van der Waals surface area contributed by atoms with Crippen LogP contribution < -0.4 is 4.72 Å². The van der Waals surface area contributed by atoms with Crippen LogP contribution in [0.25, 0.3) is 0 Å². The van der Waals surface area contributed by atoms with Crippen molar-refractivity contribution in [2.75, 3.05) is 6.54 Å². The molecular weight excluding hydrogens is 288 g/mol. The molecular formula is C12H19ClN2O3S. The second-order valence-corrected chi connectivity index (χ2v) is 6.69. The molecule has 0 aliphatic carbocycles. The highest BCUT2D eigenvalue weighted by Crippen LogP contribution is 2.14. The van der Waals surface area contributed by atoms with E-state index in [1.807, 2.05) is 13.8 Å². The van der Waals surface area contributed by atoms with Gasteiger partial charge in [-0.25, -0.2) is 18.1 Å². The van der Waals surface area contributed by atoms with Gasteiger partial charge in [0, 0.05) is 12.7 Å². The van der Waals surface area contributed by atoms with E-state index in [2.05, 4.69) is 9.71 Å². The van der Waals surface area contributed by atoms with Crippen molar-refractivity contribution in [2.45, 2.75) is 38.0 Å². The lowest BCUT2D eigenvalue weighted by Gasteiger charge is -2.25. The molecule has 0 amide bonds. The maximum atomic E-state index is 11.9. The molecule has 7 heteroatoms. The fourth-order valence-electron chi connectivity index (χ4n) is 1.51. The van der Waals surface area contributed by atoms with Crippen molar-refractivity contribution < 1.29 is 13.5 Å². The van der Waals surface area contributed by atoms with Crippen molar-refractivity contribution in [1.82, 2.24) is 9.71 Å². The monoisotopic (exact) mass is 306 g/mol. The van der Waals surface area contributed by atoms with Crippen LogP contribution in [-0.4, -0.2) is 30.7 Å². The third-order valence-electron chi connectivity index (χ3n) is 3.08. The Kier molecular flexibility index (Phi) is 5.73. The molecule has 0 saturated heterocycles. The average Bonchev–Trinajstić information content (AvgIpc) is 2.39. The number of hydrogen-bond acceptors (Lipinski definition) is 4. The first kappa shape index (κ1) is 16.4. The normalized spacial score (nSPS) is 12.6. The number of nitrogens with one attached hydrogen (secondary N) is 1. The summed E-state index contributed by atoms with van der Waals surface area (Å²) in [7, 11) is -3.49. The summed E-state index contributed by atoms with van der Waals surface area (Å²) in [5.41, 5.74) is -0.445. The van der Waals surface area contributed by atoms with E-state index in [-0.39, 0.29) is 12.3 Å². The largest absolute Gasteiger partial charge is 0.389 e. The number of rotatable bonds is 7. The minimum Gasteiger partial charge on any atom is -0.389 e. The Labute approximate surface area is 119 Å². The number of hydrogen-bond donors (Lipinski definition) is 2. The van der Waals surface area contributed by atoms with E-state index in [1.165, 1.54) is 6.20 Å². The molecule has 1 aromatic rings. The van der Waals surface area contributed by atoms with Gasteiger partial charge in [-0.3, -0.25) is 0 Å². The third kappa shape index (κ3) is 5.44. The molecule has 19 heavy (non-hydrogen) atoms. The summed E-state index contributed by atoms with van der Waals surface area (Å²) in [6.07, 6.45) is 2.41. The van der Waals surface area contributed by atoms with Crippen LogP contribution in [0, 0.1) is 0 Å². The molecule has 1 aromatic heterocycles. The zero-order valence-electron chi connectivity index (χ0n) is 11.1. The summed E-state index contributed by atoms with van der Waals surface area (Å²) in [5.74, 6) is -0.180. The molecule has 0 bridgehead atoms. The predicted molar refractivity (Wildman–Crippen MR) is 75.4 cm³/mol. The molecule has 1 rings (SSSR count). The fourth-order valence-corrected chi connectivity index (χ4v) is 2.82. The number of pyridine rings is 1. The van der Waals surface area contributed by atoms with Crippen LogP contribution in [0.4, 0.5) is 0 Å². The summed E-state index contributed by atoms with van der Waals surface area (Å²) in [4.78, 5) is 3.83. The molecule has 0 atom stereocenters. The fraction of sp³-hybridized carbons (Fsp3) is 0.583. The summed E-state index contributed by atoms with van der Waals surface area (Å²) in [6.45, 7) is 3.66. The van der Waals surface area contributed by atoms with Gasteiger partial charge in [-0.15, -0.1) is 0 Å². The van der Waals surface area contributed by atoms with Crippen LogP contribution in [0.15, 0.2) is 18.3 Å². The molecule has 0 aromatic carbocycles. The quantitative estimate of drug-likeness (QED) is 0.752. The van der Waals surface area contributed by atoms with Gasteiger partial charge in [0.25, 0.3) is 0 Å². The first-order valence-electron chi connectivity index (χ1n) is 6.10. The molecule has 0 radical (unpaired) electrons. The Morgan fingerprint density at radius 1 is 1.37 bits per heavy atom. The number of nitrogens with zero attached hydrogens (tertiary/aromatic N) is 1. The lowest BCUT2D eigenvalue weighted by Crippen LogP contribution is -2.42. The summed E-state index contributed by atoms with van der Waals surface area (Å²) in [5, 5.41) is 10.4. The zero-order chi connectivity index (χ0) is 14.5. The van der Waals surface area contributed by atoms with Gasteiger partial charge in [-0.2, -0.15) is 0 Å². The van der Waals surface area contributed by atoms with E-state index in [0.29, 0.717) is 23.6 Å². The molecule has 0 unspecified atom stereocenters. The topological polar surface area (TPSA) is 79.3 Å². The molecule has 0 aliphatic rings. The molecule has 108 valence electrons. The smallest absolute Gasteiger partial charge is 0.215 e. The SMILES string of the molecule is CCC(O)(CC)CNS(=O)(=O)Cc1ccc(Cl)nc1. The van der Waals surface area contributed by atoms with Crippen molar-refractivity contribution in [2.24, 2.45) is 0 Å². The number of halogens is 1. The Bertz CT molecular complexity index is 498. The minimum atomic E-state index is -3.49. The van der Waals surface area contributed by atoms with Crippen LogP contribution in [0.2, 0.25) is 5.15 Å². The highest BCUT2D eigenvalue weighted by molar-refractivity contribution is 7.88. The van der Waals surface area contributed by atoms with Crippen LogP contribution in [0.5, 0.6) is 0 Å². The Morgan fingerprint density at radius 2 is 2.00 bits per heavy atom. The number of aromatic nitrogens is 1. The molecule has 0 spiro atoms. The van der Waals surface area contributed by atoms with Crippen LogP contribution in [-0.2, 0) is 15.8 Å². The zero-order valence-corrected chi connectivity index (χ0v) is 12.6. The highest BCUT2D eigenvalue weighted by Gasteiger charge is 2.24. The van der Waals surface area contributed by atoms with Crippen molar-refractivity contribution in [1.29, 1.82) is 0 Å². The van der Waals surface area contributed by atoms with E-state index in [1.54, 1.807) is 12.1 Å². The summed E-state index contributed by atoms with van der Waals surface area (Å²) in [6, 6.07) is 3.15. The standard InChI is InChI=1S/C12H19ClN2O3S/c1-3-12(16,4-2)9-15-19(17,18)8-10-5-6-11(13)14-7-10/h5-7,15-16H,3-4,8-9H2,1-2H3. The van der Waals surface area contributed by atoms with Crippen LogP contribution in [0.1, 0.15) is 32.3 Å². The van der Waals surface area contributed by atoms with Gasteiger partial charge < -0.3 is 5.11 Å². The average molecular weight is 307 g/mol. The van der Waals surface area contributed by atoms with Gasteiger partial charge in [-0.1, -0.05) is 31.5 Å². The predicted octanol–water partition coefficient (Wildman–Crippen LogP) is 1.71. The van der Waals surface area contributed by atoms with Gasteiger partial charge in [0.15, 0.2) is 0 Å². The maximum Gasteiger partial charge on any atom is 0.215 e. The molecule has 2 N–H and O–H groups in total. The molecule has 1 heterocycles. The Morgan fingerprint density at radius 3 is 2.47 bits per heavy atom. The van der Waals surface area contributed by atoms with Crippen molar-refractivity contribution in [3.8, 4) is 0 Å². The molecule has 0 saturated carbocycles.